The fourth-order valence-electron chi connectivity index (χ4n) is 2.80. The second-order valence-corrected chi connectivity index (χ2v) is 5.37. The largest absolute Gasteiger partial charge is 0.338 e. The molecule has 0 spiro atoms. The van der Waals surface area contributed by atoms with E-state index in [2.05, 4.69) is 12.3 Å². The van der Waals surface area contributed by atoms with Crippen molar-refractivity contribution in [3.8, 4) is 0 Å². The van der Waals surface area contributed by atoms with Crippen LogP contribution in [0.3, 0.4) is 0 Å². The van der Waals surface area contributed by atoms with E-state index in [0.29, 0.717) is 5.92 Å². The summed E-state index contributed by atoms with van der Waals surface area (Å²) in [7, 11) is 0. The maximum atomic E-state index is 12.4. The number of hydrazine groups is 1. The molecular weight excluding hydrogens is 238 g/mol. The minimum atomic E-state index is 0.144. The van der Waals surface area contributed by atoms with Crippen LogP contribution in [0.2, 0.25) is 0 Å². The van der Waals surface area contributed by atoms with E-state index in [0.717, 1.165) is 36.3 Å². The molecule has 1 aromatic carbocycles. The molecule has 19 heavy (non-hydrogen) atoms. The Labute approximate surface area is 114 Å². The van der Waals surface area contributed by atoms with Crippen LogP contribution in [0, 0.1) is 12.8 Å². The first-order chi connectivity index (χ1) is 9.15. The van der Waals surface area contributed by atoms with Gasteiger partial charge in [-0.3, -0.25) is 10.6 Å². The van der Waals surface area contributed by atoms with Crippen LogP contribution in [-0.4, -0.2) is 23.9 Å². The first-order valence-corrected chi connectivity index (χ1v) is 7.02. The lowest BCUT2D eigenvalue weighted by molar-refractivity contribution is 0.0786. The average Bonchev–Trinajstić information content (AvgIpc) is 2.87. The molecule has 1 aliphatic rings. The molecule has 4 nitrogen and oxygen atoms in total. The summed E-state index contributed by atoms with van der Waals surface area (Å²) in [5.74, 6) is 6.23. The van der Waals surface area contributed by atoms with Gasteiger partial charge in [-0.15, -0.1) is 0 Å². The molecule has 0 aromatic heterocycles. The van der Waals surface area contributed by atoms with Crippen molar-refractivity contribution in [2.24, 2.45) is 11.8 Å². The highest BCUT2D eigenvalue weighted by molar-refractivity contribution is 5.95. The maximum Gasteiger partial charge on any atom is 0.253 e. The molecule has 1 aliphatic heterocycles. The number of hydrogen-bond donors (Lipinski definition) is 2. The topological polar surface area (TPSA) is 58.4 Å². The number of amides is 1. The van der Waals surface area contributed by atoms with E-state index < -0.39 is 0 Å². The van der Waals surface area contributed by atoms with Gasteiger partial charge in [0.15, 0.2) is 0 Å². The molecule has 1 fully saturated rings. The lowest BCUT2D eigenvalue weighted by atomic mass is 10.0. The van der Waals surface area contributed by atoms with Crippen molar-refractivity contribution in [3.63, 3.8) is 0 Å². The number of nitrogens with two attached hydrogens (primary N) is 1. The van der Waals surface area contributed by atoms with Gasteiger partial charge in [-0.25, -0.2) is 0 Å². The molecule has 1 unspecified atom stereocenters. The molecular formula is C15H23N3O. The van der Waals surface area contributed by atoms with E-state index in [4.69, 9.17) is 5.84 Å². The average molecular weight is 261 g/mol. The van der Waals surface area contributed by atoms with Gasteiger partial charge < -0.3 is 10.3 Å². The molecule has 104 valence electrons. The Morgan fingerprint density at radius 3 is 2.95 bits per heavy atom. The van der Waals surface area contributed by atoms with Gasteiger partial charge in [0, 0.05) is 18.7 Å². The molecule has 0 radical (unpaired) electrons. The van der Waals surface area contributed by atoms with Crippen molar-refractivity contribution >= 4 is 11.6 Å². The summed E-state index contributed by atoms with van der Waals surface area (Å²) >= 11 is 0. The molecule has 1 aromatic rings. The van der Waals surface area contributed by atoms with E-state index in [9.17, 15) is 4.79 Å². The summed E-state index contributed by atoms with van der Waals surface area (Å²) in [4.78, 5) is 14.4. The van der Waals surface area contributed by atoms with E-state index in [1.807, 2.05) is 30.0 Å². The number of anilines is 1. The van der Waals surface area contributed by atoms with Crippen LogP contribution in [0.4, 0.5) is 5.69 Å². The van der Waals surface area contributed by atoms with Crippen LogP contribution in [0.25, 0.3) is 0 Å². The van der Waals surface area contributed by atoms with Crippen molar-refractivity contribution in [2.75, 3.05) is 18.5 Å². The number of carbonyl (C=O) groups is 1. The molecule has 0 bridgehead atoms. The number of benzene rings is 1. The van der Waals surface area contributed by atoms with E-state index in [1.165, 1.54) is 12.8 Å². The minimum absolute atomic E-state index is 0.144. The van der Waals surface area contributed by atoms with Crippen LogP contribution in [0.5, 0.6) is 0 Å². The molecule has 1 amide bonds. The molecule has 0 aliphatic carbocycles. The zero-order valence-electron chi connectivity index (χ0n) is 11.8. The summed E-state index contributed by atoms with van der Waals surface area (Å²) in [5, 5.41) is 0. The van der Waals surface area contributed by atoms with Crippen molar-refractivity contribution < 1.29 is 4.79 Å². The smallest absolute Gasteiger partial charge is 0.253 e. The van der Waals surface area contributed by atoms with Gasteiger partial charge in [0.05, 0.1) is 5.69 Å². The molecule has 1 heterocycles. The van der Waals surface area contributed by atoms with Gasteiger partial charge in [-0.2, -0.15) is 0 Å². The van der Waals surface area contributed by atoms with Crippen molar-refractivity contribution in [3.05, 3.63) is 29.3 Å². The summed E-state index contributed by atoms with van der Waals surface area (Å²) in [6.07, 6.45) is 3.56. The molecule has 2 rings (SSSR count). The standard InChI is InChI=1S/C15H23N3O/c1-3-4-12-7-8-18(10-12)15(19)13-5-6-14(17-16)11(2)9-13/h5-6,9,12,17H,3-4,7-8,10,16H2,1-2H3. The Morgan fingerprint density at radius 1 is 1.53 bits per heavy atom. The molecule has 0 saturated carbocycles. The summed E-state index contributed by atoms with van der Waals surface area (Å²) in [5.41, 5.74) is 5.25. The number of likely N-dealkylation sites (tertiary alicyclic amines) is 1. The second kappa shape index (κ2) is 6.06. The summed E-state index contributed by atoms with van der Waals surface area (Å²) in [6.45, 7) is 5.95. The van der Waals surface area contributed by atoms with Crippen LogP contribution >= 0.6 is 0 Å². The number of aryl methyl sites for hydroxylation is 1. The highest BCUT2D eigenvalue weighted by Crippen LogP contribution is 2.23. The first-order valence-electron chi connectivity index (χ1n) is 7.02. The van der Waals surface area contributed by atoms with Gasteiger partial charge >= 0.3 is 0 Å². The van der Waals surface area contributed by atoms with Crippen molar-refractivity contribution in [1.29, 1.82) is 0 Å². The lowest BCUT2D eigenvalue weighted by Crippen LogP contribution is -2.28. The Kier molecular flexibility index (Phi) is 4.43. The predicted octanol–water partition coefficient (Wildman–Crippen LogP) is 2.54. The highest BCUT2D eigenvalue weighted by Gasteiger charge is 2.26. The Balaban J connectivity index is 2.06. The second-order valence-electron chi connectivity index (χ2n) is 5.37. The number of carbonyl (C=O) groups excluding carboxylic acids is 1. The Hall–Kier alpha value is -1.55. The highest BCUT2D eigenvalue weighted by atomic mass is 16.2. The molecule has 3 N–H and O–H groups in total. The van der Waals surface area contributed by atoms with Crippen LogP contribution in [-0.2, 0) is 0 Å². The third kappa shape index (κ3) is 3.07. The number of rotatable bonds is 4. The van der Waals surface area contributed by atoms with Crippen molar-refractivity contribution in [2.45, 2.75) is 33.1 Å². The quantitative estimate of drug-likeness (QED) is 0.647. The van der Waals surface area contributed by atoms with Crippen LogP contribution in [0.1, 0.15) is 42.1 Å². The number of hydrogen-bond acceptors (Lipinski definition) is 3. The Bertz CT molecular complexity index is 459. The zero-order valence-corrected chi connectivity index (χ0v) is 11.8. The van der Waals surface area contributed by atoms with Gasteiger partial charge in [-0.05, 0) is 49.4 Å². The fourth-order valence-corrected chi connectivity index (χ4v) is 2.80. The zero-order chi connectivity index (χ0) is 13.8. The number of nitrogen functional groups attached to an aromatic ring is 1. The van der Waals surface area contributed by atoms with Gasteiger partial charge in [0.25, 0.3) is 5.91 Å². The van der Waals surface area contributed by atoms with Crippen molar-refractivity contribution in [1.82, 2.24) is 4.90 Å². The minimum Gasteiger partial charge on any atom is -0.338 e. The summed E-state index contributed by atoms with van der Waals surface area (Å²) in [6, 6.07) is 5.62. The lowest BCUT2D eigenvalue weighted by Gasteiger charge is -2.17. The number of nitrogens with zero attached hydrogens (tertiary/aromatic N) is 1. The SMILES string of the molecule is CCCC1CCN(C(=O)c2ccc(NN)c(C)c2)C1. The van der Waals surface area contributed by atoms with Crippen LogP contribution < -0.4 is 11.3 Å². The predicted molar refractivity (Wildman–Crippen MR) is 77.9 cm³/mol. The monoisotopic (exact) mass is 261 g/mol. The summed E-state index contributed by atoms with van der Waals surface area (Å²) < 4.78 is 0. The van der Waals surface area contributed by atoms with E-state index >= 15 is 0 Å². The normalized spacial score (nSPS) is 18.7. The van der Waals surface area contributed by atoms with Crippen LogP contribution in [0.15, 0.2) is 18.2 Å². The Morgan fingerprint density at radius 2 is 2.32 bits per heavy atom. The molecule has 4 heteroatoms. The van der Waals surface area contributed by atoms with Gasteiger partial charge in [0.1, 0.15) is 0 Å². The van der Waals surface area contributed by atoms with Gasteiger partial charge in [-0.1, -0.05) is 13.3 Å². The first kappa shape index (κ1) is 13.9. The number of nitrogens with one attached hydrogen (secondary N) is 1. The third-order valence-electron chi connectivity index (χ3n) is 3.90. The van der Waals surface area contributed by atoms with E-state index in [-0.39, 0.29) is 5.91 Å². The fraction of sp³-hybridized carbons (Fsp3) is 0.533. The molecule has 1 atom stereocenters. The third-order valence-corrected chi connectivity index (χ3v) is 3.90. The maximum absolute atomic E-state index is 12.4. The molecule has 1 saturated heterocycles. The van der Waals surface area contributed by atoms with E-state index in [1.54, 1.807) is 0 Å². The van der Waals surface area contributed by atoms with Gasteiger partial charge in [0.2, 0.25) is 0 Å².